The van der Waals surface area contributed by atoms with Crippen LogP contribution in [0.1, 0.15) is 27.7 Å². The molecule has 3 nitrogen and oxygen atoms in total. The van der Waals surface area contributed by atoms with E-state index in [4.69, 9.17) is 0 Å². The summed E-state index contributed by atoms with van der Waals surface area (Å²) in [4.78, 5) is 17.7. The molecule has 0 bridgehead atoms. The number of rotatable bonds is 4. The van der Waals surface area contributed by atoms with Crippen molar-refractivity contribution in [2.45, 2.75) is 20.8 Å². The van der Waals surface area contributed by atoms with Gasteiger partial charge >= 0.3 is 0 Å². The van der Waals surface area contributed by atoms with Crippen molar-refractivity contribution >= 4 is 28.6 Å². The third-order valence-electron chi connectivity index (χ3n) is 4.35. The second-order valence-electron chi connectivity index (χ2n) is 6.75. The number of aromatic nitrogens is 1. The van der Waals surface area contributed by atoms with Gasteiger partial charge in [0.1, 0.15) is 5.82 Å². The third kappa shape index (κ3) is 5.87. The van der Waals surface area contributed by atoms with E-state index in [-0.39, 0.29) is 5.78 Å². The van der Waals surface area contributed by atoms with Crippen molar-refractivity contribution in [2.24, 2.45) is 0 Å². The summed E-state index contributed by atoms with van der Waals surface area (Å²) in [5, 5.41) is 3.31. The molecule has 0 atom stereocenters. The molecule has 0 amide bonds. The molecule has 0 aliphatic carbocycles. The predicted octanol–water partition coefficient (Wildman–Crippen LogP) is 7.06. The molecular formula is C25H24N2OS. The van der Waals surface area contributed by atoms with Gasteiger partial charge in [-0.2, -0.15) is 0 Å². The lowest BCUT2D eigenvalue weighted by atomic mass is 10.2. The number of Topliss-reactive ketones (excluding diaryl/α,β-unsaturated/α-hetero) is 1. The van der Waals surface area contributed by atoms with Crippen LogP contribution in [0.4, 0.5) is 11.5 Å². The van der Waals surface area contributed by atoms with E-state index >= 15 is 0 Å². The SMILES string of the molecule is CC(=O)c1ccc(-c2ccc(Nc3ccccc3C)nc2)s1.Cc1ccccc1. The highest BCUT2D eigenvalue weighted by Crippen LogP contribution is 2.29. The smallest absolute Gasteiger partial charge is 0.169 e. The number of para-hydroxylation sites is 1. The van der Waals surface area contributed by atoms with Crippen LogP contribution in [0.2, 0.25) is 0 Å². The van der Waals surface area contributed by atoms with Crippen LogP contribution < -0.4 is 5.32 Å². The second-order valence-corrected chi connectivity index (χ2v) is 7.83. The Bertz CT molecular complexity index is 1070. The molecule has 0 spiro atoms. The van der Waals surface area contributed by atoms with Gasteiger partial charge in [-0.1, -0.05) is 54.1 Å². The molecule has 0 unspecified atom stereocenters. The van der Waals surface area contributed by atoms with Crippen molar-refractivity contribution in [2.75, 3.05) is 5.32 Å². The van der Waals surface area contributed by atoms with Gasteiger partial charge in [0, 0.05) is 22.3 Å². The number of carbonyl (C=O) groups excluding carboxylic acids is 1. The number of ketones is 1. The predicted molar refractivity (Wildman–Crippen MR) is 123 cm³/mol. The first-order valence-corrected chi connectivity index (χ1v) is 10.3. The molecule has 29 heavy (non-hydrogen) atoms. The van der Waals surface area contributed by atoms with Crippen LogP contribution >= 0.6 is 11.3 Å². The molecule has 0 radical (unpaired) electrons. The van der Waals surface area contributed by atoms with Gasteiger partial charge in [-0.15, -0.1) is 11.3 Å². The van der Waals surface area contributed by atoms with Crippen molar-refractivity contribution in [3.63, 3.8) is 0 Å². The summed E-state index contributed by atoms with van der Waals surface area (Å²) in [6.45, 7) is 5.73. The Morgan fingerprint density at radius 3 is 2.14 bits per heavy atom. The van der Waals surface area contributed by atoms with E-state index in [1.807, 2.05) is 66.9 Å². The monoisotopic (exact) mass is 400 g/mol. The Morgan fingerprint density at radius 2 is 1.59 bits per heavy atom. The average Bonchev–Trinajstić information content (AvgIpc) is 3.22. The van der Waals surface area contributed by atoms with Gasteiger partial charge < -0.3 is 5.32 Å². The van der Waals surface area contributed by atoms with Crippen LogP contribution in [0.25, 0.3) is 10.4 Å². The summed E-state index contributed by atoms with van der Waals surface area (Å²) in [6, 6.07) is 26.2. The van der Waals surface area contributed by atoms with E-state index < -0.39 is 0 Å². The molecule has 4 rings (SSSR count). The quantitative estimate of drug-likeness (QED) is 0.373. The molecule has 0 aliphatic rings. The first-order chi connectivity index (χ1) is 14.0. The summed E-state index contributed by atoms with van der Waals surface area (Å²) < 4.78 is 0. The molecule has 1 N–H and O–H groups in total. The zero-order chi connectivity index (χ0) is 20.6. The van der Waals surface area contributed by atoms with Crippen LogP contribution in [0.15, 0.2) is 85.1 Å². The van der Waals surface area contributed by atoms with Crippen LogP contribution in [-0.4, -0.2) is 10.8 Å². The fraction of sp³-hybridized carbons (Fsp3) is 0.120. The van der Waals surface area contributed by atoms with E-state index in [2.05, 4.69) is 42.3 Å². The molecule has 4 heteroatoms. The zero-order valence-electron chi connectivity index (χ0n) is 16.8. The van der Waals surface area contributed by atoms with Crippen molar-refractivity contribution in [3.05, 3.63) is 101 Å². The Hall–Kier alpha value is -3.24. The maximum atomic E-state index is 11.4. The molecule has 146 valence electrons. The molecule has 2 aromatic carbocycles. The molecule has 0 saturated heterocycles. The van der Waals surface area contributed by atoms with Crippen molar-refractivity contribution in [1.82, 2.24) is 4.98 Å². The molecule has 4 aromatic rings. The number of hydrogen-bond acceptors (Lipinski definition) is 4. The van der Waals surface area contributed by atoms with Gasteiger partial charge in [0.15, 0.2) is 5.78 Å². The number of nitrogens with zero attached hydrogens (tertiary/aromatic N) is 1. The summed E-state index contributed by atoms with van der Waals surface area (Å²) in [6.07, 6.45) is 1.83. The summed E-state index contributed by atoms with van der Waals surface area (Å²) in [7, 11) is 0. The topological polar surface area (TPSA) is 42.0 Å². The number of pyridine rings is 1. The van der Waals surface area contributed by atoms with E-state index in [9.17, 15) is 4.79 Å². The number of nitrogens with one attached hydrogen (secondary N) is 1. The van der Waals surface area contributed by atoms with Crippen LogP contribution in [-0.2, 0) is 0 Å². The highest BCUT2D eigenvalue weighted by molar-refractivity contribution is 7.17. The van der Waals surface area contributed by atoms with Gasteiger partial charge in [0.2, 0.25) is 0 Å². The van der Waals surface area contributed by atoms with E-state index in [0.717, 1.165) is 26.8 Å². The van der Waals surface area contributed by atoms with E-state index in [1.165, 1.54) is 22.5 Å². The molecule has 0 saturated carbocycles. The lowest BCUT2D eigenvalue weighted by Gasteiger charge is -2.08. The Kier molecular flexibility index (Phi) is 6.93. The van der Waals surface area contributed by atoms with Gasteiger partial charge in [0.05, 0.1) is 4.88 Å². The molecule has 0 fully saturated rings. The summed E-state index contributed by atoms with van der Waals surface area (Å²) >= 11 is 1.50. The highest BCUT2D eigenvalue weighted by Gasteiger charge is 2.07. The van der Waals surface area contributed by atoms with E-state index in [0.29, 0.717) is 0 Å². The number of anilines is 2. The fourth-order valence-electron chi connectivity index (χ4n) is 2.68. The molecular weight excluding hydrogens is 376 g/mol. The van der Waals surface area contributed by atoms with Crippen molar-refractivity contribution in [1.29, 1.82) is 0 Å². The standard InChI is InChI=1S/C18H16N2OS.C7H8/c1-12-5-3-4-6-15(12)20-18-10-7-14(11-19-18)17-9-8-16(22-17)13(2)21;1-7-5-3-2-4-6-7/h3-11H,1-2H3,(H,19,20);2-6H,1H3. The normalized spacial score (nSPS) is 10.0. The molecule has 0 aliphatic heterocycles. The Balaban J connectivity index is 0.000000290. The number of carbonyl (C=O) groups is 1. The van der Waals surface area contributed by atoms with Crippen molar-refractivity contribution < 1.29 is 4.79 Å². The van der Waals surface area contributed by atoms with Crippen molar-refractivity contribution in [3.8, 4) is 10.4 Å². The molecule has 2 aromatic heterocycles. The number of benzene rings is 2. The first kappa shape index (κ1) is 20.5. The lowest BCUT2D eigenvalue weighted by molar-refractivity contribution is 0.102. The number of hydrogen-bond donors (Lipinski definition) is 1. The van der Waals surface area contributed by atoms with Crippen LogP contribution in [0.3, 0.4) is 0 Å². The first-order valence-electron chi connectivity index (χ1n) is 9.44. The zero-order valence-corrected chi connectivity index (χ0v) is 17.7. The number of aryl methyl sites for hydroxylation is 2. The summed E-state index contributed by atoms with van der Waals surface area (Å²) in [5.74, 6) is 0.906. The van der Waals surface area contributed by atoms with Gasteiger partial charge in [-0.25, -0.2) is 4.98 Å². The Morgan fingerprint density at radius 1 is 0.862 bits per heavy atom. The third-order valence-corrected chi connectivity index (χ3v) is 5.58. The van der Waals surface area contributed by atoms with E-state index in [1.54, 1.807) is 6.92 Å². The largest absolute Gasteiger partial charge is 0.340 e. The van der Waals surface area contributed by atoms with Gasteiger partial charge in [-0.05, 0) is 56.7 Å². The van der Waals surface area contributed by atoms with Gasteiger partial charge in [-0.3, -0.25) is 4.79 Å². The van der Waals surface area contributed by atoms with Crippen LogP contribution in [0.5, 0.6) is 0 Å². The minimum atomic E-state index is 0.0991. The summed E-state index contributed by atoms with van der Waals surface area (Å²) in [5.41, 5.74) is 4.57. The Labute approximate surface area is 176 Å². The minimum absolute atomic E-state index is 0.0991. The lowest BCUT2D eigenvalue weighted by Crippen LogP contribution is -1.95. The van der Waals surface area contributed by atoms with Crippen LogP contribution in [0, 0.1) is 13.8 Å². The maximum Gasteiger partial charge on any atom is 0.169 e. The second kappa shape index (κ2) is 9.80. The minimum Gasteiger partial charge on any atom is -0.340 e. The maximum absolute atomic E-state index is 11.4. The van der Waals surface area contributed by atoms with Gasteiger partial charge in [0.25, 0.3) is 0 Å². The highest BCUT2D eigenvalue weighted by atomic mass is 32.1. The molecule has 2 heterocycles. The average molecular weight is 401 g/mol. The fourth-order valence-corrected chi connectivity index (χ4v) is 3.57. The number of thiophene rings is 1.